The van der Waals surface area contributed by atoms with E-state index in [0.29, 0.717) is 44.0 Å². The highest BCUT2D eigenvalue weighted by Gasteiger charge is 2.28. The molecule has 0 saturated carbocycles. The molecule has 4 unspecified atom stereocenters. The summed E-state index contributed by atoms with van der Waals surface area (Å²) in [5.41, 5.74) is 3.67. The van der Waals surface area contributed by atoms with E-state index in [2.05, 4.69) is 24.8 Å². The zero-order valence-electron chi connectivity index (χ0n) is 22.6. The third kappa shape index (κ3) is 6.08. The van der Waals surface area contributed by atoms with Crippen LogP contribution in [0.2, 0.25) is 0 Å². The van der Waals surface area contributed by atoms with Crippen LogP contribution >= 0.6 is 0 Å². The summed E-state index contributed by atoms with van der Waals surface area (Å²) in [6.45, 7) is 2.48. The van der Waals surface area contributed by atoms with Crippen molar-refractivity contribution in [2.75, 3.05) is 6.61 Å². The van der Waals surface area contributed by atoms with Gasteiger partial charge in [-0.15, -0.1) is 5.92 Å². The van der Waals surface area contributed by atoms with Gasteiger partial charge in [-0.05, 0) is 96.0 Å². The molecule has 1 heterocycles. The van der Waals surface area contributed by atoms with Crippen molar-refractivity contribution in [1.82, 2.24) is 0 Å². The fourth-order valence-electron chi connectivity index (χ4n) is 5.93. The average molecular weight is 527 g/mol. The third-order valence-corrected chi connectivity index (χ3v) is 8.24. The lowest BCUT2D eigenvalue weighted by Gasteiger charge is -2.28. The smallest absolute Gasteiger partial charge is 0.169 e. The highest BCUT2D eigenvalue weighted by atomic mass is 16.5. The van der Waals surface area contributed by atoms with E-state index in [0.717, 1.165) is 58.7 Å². The summed E-state index contributed by atoms with van der Waals surface area (Å²) in [6, 6.07) is 12.9. The average Bonchev–Trinajstić information content (AvgIpc) is 2.92. The Morgan fingerprint density at radius 1 is 1.03 bits per heavy atom. The Kier molecular flexibility index (Phi) is 8.45. The summed E-state index contributed by atoms with van der Waals surface area (Å²) in [5, 5.41) is 44.8. The number of aromatic hydroxyl groups is 2. The van der Waals surface area contributed by atoms with Gasteiger partial charge in [0.1, 0.15) is 12.4 Å². The first-order valence-corrected chi connectivity index (χ1v) is 14.2. The molecule has 4 atom stereocenters. The standard InChI is InChI=1S/C34H38O5/c1-2-22-7-3-4-11-30(36)28(10-5-8-22)31(37)16-13-23-14-17-32(38)34-33(23)29-21-24-12-15-27(35)20-26(24)19-25(29)9-6-18-39-34/h6,9,12,14-15,17,19-22,28,30-31,35-38H,2-4,7,10-11,13,16,18H2,1H3. The lowest BCUT2D eigenvalue weighted by Crippen LogP contribution is -2.32. The van der Waals surface area contributed by atoms with Gasteiger partial charge in [-0.25, -0.2) is 0 Å². The van der Waals surface area contributed by atoms with E-state index in [-0.39, 0.29) is 17.4 Å². The van der Waals surface area contributed by atoms with Crippen LogP contribution in [0.1, 0.15) is 63.0 Å². The van der Waals surface area contributed by atoms with Gasteiger partial charge in [-0.2, -0.15) is 0 Å². The second-order valence-electron chi connectivity index (χ2n) is 10.9. The molecule has 3 aromatic rings. The van der Waals surface area contributed by atoms with Gasteiger partial charge in [-0.3, -0.25) is 0 Å². The first-order chi connectivity index (χ1) is 18.9. The van der Waals surface area contributed by atoms with Crippen molar-refractivity contribution in [2.45, 2.75) is 70.5 Å². The van der Waals surface area contributed by atoms with Crippen molar-refractivity contribution in [3.63, 3.8) is 0 Å². The second kappa shape index (κ2) is 12.2. The molecule has 0 saturated heterocycles. The predicted octanol–water partition coefficient (Wildman–Crippen LogP) is 6.59. The molecule has 5 rings (SSSR count). The molecule has 1 aliphatic carbocycles. The first-order valence-electron chi connectivity index (χ1n) is 14.2. The summed E-state index contributed by atoms with van der Waals surface area (Å²) in [5.74, 6) is 7.46. The largest absolute Gasteiger partial charge is 0.508 e. The molecule has 2 aliphatic rings. The Morgan fingerprint density at radius 2 is 1.87 bits per heavy atom. The number of aryl methyl sites for hydroxylation is 1. The summed E-state index contributed by atoms with van der Waals surface area (Å²) >= 11 is 0. The number of phenolic OH excluding ortho intramolecular Hbond substituents is 2. The summed E-state index contributed by atoms with van der Waals surface area (Å²) < 4.78 is 6.01. The Bertz CT molecular complexity index is 1410. The van der Waals surface area contributed by atoms with E-state index in [1.807, 2.05) is 30.4 Å². The van der Waals surface area contributed by atoms with Gasteiger partial charge in [0.05, 0.1) is 12.2 Å². The number of aliphatic hydroxyl groups is 2. The minimum absolute atomic E-state index is 0.0739. The van der Waals surface area contributed by atoms with Gasteiger partial charge in [0.15, 0.2) is 11.5 Å². The molecule has 3 aromatic carbocycles. The molecule has 1 aliphatic heterocycles. The fraction of sp³-hybridized carbons (Fsp3) is 0.412. The molecule has 5 nitrogen and oxygen atoms in total. The first kappa shape index (κ1) is 27.1. The normalized spacial score (nSPS) is 21.9. The molecule has 0 amide bonds. The van der Waals surface area contributed by atoms with Gasteiger partial charge in [-0.1, -0.05) is 43.9 Å². The van der Waals surface area contributed by atoms with Crippen molar-refractivity contribution in [1.29, 1.82) is 0 Å². The zero-order chi connectivity index (χ0) is 27.4. The number of ether oxygens (including phenoxy) is 1. The van der Waals surface area contributed by atoms with Crippen LogP contribution in [0.3, 0.4) is 0 Å². The van der Waals surface area contributed by atoms with E-state index >= 15 is 0 Å². The van der Waals surface area contributed by atoms with E-state index in [1.54, 1.807) is 18.2 Å². The van der Waals surface area contributed by atoms with Crippen molar-refractivity contribution < 1.29 is 25.2 Å². The number of fused-ring (bicyclic) bond motifs is 4. The second-order valence-corrected chi connectivity index (χ2v) is 10.9. The number of hydrogen-bond acceptors (Lipinski definition) is 5. The highest BCUT2D eigenvalue weighted by molar-refractivity contribution is 5.95. The molecule has 0 radical (unpaired) electrons. The van der Waals surface area contributed by atoms with Crippen molar-refractivity contribution in [3.8, 4) is 40.2 Å². The lowest BCUT2D eigenvalue weighted by molar-refractivity contribution is 0.00561. The van der Waals surface area contributed by atoms with Crippen LogP contribution in [0.5, 0.6) is 17.2 Å². The van der Waals surface area contributed by atoms with Gasteiger partial charge in [0, 0.05) is 23.8 Å². The molecule has 5 heteroatoms. The maximum absolute atomic E-state index is 11.3. The lowest BCUT2D eigenvalue weighted by atomic mass is 9.84. The van der Waals surface area contributed by atoms with E-state index < -0.39 is 12.2 Å². The van der Waals surface area contributed by atoms with Gasteiger partial charge in [0.25, 0.3) is 0 Å². The molecule has 0 aromatic heterocycles. The summed E-state index contributed by atoms with van der Waals surface area (Å²) in [7, 11) is 0. The SMILES string of the molecule is CCC1C#CCC(C(O)CCc2ccc(O)c3c2-c2cc4ccc(O)cc4cc2C=CCO3)C(O)CCCC1. The van der Waals surface area contributed by atoms with E-state index in [9.17, 15) is 20.4 Å². The van der Waals surface area contributed by atoms with Gasteiger partial charge in [0.2, 0.25) is 0 Å². The third-order valence-electron chi connectivity index (χ3n) is 8.24. The van der Waals surface area contributed by atoms with E-state index in [4.69, 9.17) is 4.74 Å². The van der Waals surface area contributed by atoms with Crippen LogP contribution in [0, 0.1) is 23.7 Å². The van der Waals surface area contributed by atoms with Gasteiger partial charge >= 0.3 is 0 Å². The minimum Gasteiger partial charge on any atom is -0.508 e. The Balaban J connectivity index is 1.47. The molecule has 0 bridgehead atoms. The molecule has 0 spiro atoms. The Morgan fingerprint density at radius 3 is 2.72 bits per heavy atom. The van der Waals surface area contributed by atoms with Crippen LogP contribution in [-0.4, -0.2) is 39.2 Å². The summed E-state index contributed by atoms with van der Waals surface area (Å²) in [4.78, 5) is 0. The number of hydrogen-bond donors (Lipinski definition) is 4. The van der Waals surface area contributed by atoms with Crippen molar-refractivity contribution in [2.24, 2.45) is 11.8 Å². The van der Waals surface area contributed by atoms with Crippen LogP contribution in [-0.2, 0) is 6.42 Å². The Hall–Kier alpha value is -3.46. The molecule has 204 valence electrons. The van der Waals surface area contributed by atoms with Crippen LogP contribution in [0.4, 0.5) is 0 Å². The topological polar surface area (TPSA) is 90.2 Å². The van der Waals surface area contributed by atoms with E-state index in [1.165, 1.54) is 0 Å². The minimum atomic E-state index is -0.702. The van der Waals surface area contributed by atoms with Gasteiger partial charge < -0.3 is 25.2 Å². The molecule has 0 fully saturated rings. The van der Waals surface area contributed by atoms with Crippen LogP contribution in [0.25, 0.3) is 28.0 Å². The number of aliphatic hydroxyl groups excluding tert-OH is 2. The molecular formula is C34H38O5. The zero-order valence-corrected chi connectivity index (χ0v) is 22.6. The fourth-order valence-corrected chi connectivity index (χ4v) is 5.93. The number of phenols is 2. The summed E-state index contributed by atoms with van der Waals surface area (Å²) in [6.07, 6.45) is 8.93. The van der Waals surface area contributed by atoms with Crippen LogP contribution < -0.4 is 4.74 Å². The maximum atomic E-state index is 11.3. The quantitative estimate of drug-likeness (QED) is 0.282. The number of rotatable bonds is 5. The van der Waals surface area contributed by atoms with Crippen molar-refractivity contribution >= 4 is 16.8 Å². The molecule has 39 heavy (non-hydrogen) atoms. The predicted molar refractivity (Wildman–Crippen MR) is 156 cm³/mol. The van der Waals surface area contributed by atoms with Crippen LogP contribution in [0.15, 0.2) is 48.5 Å². The Labute approximate surface area is 230 Å². The highest BCUT2D eigenvalue weighted by Crippen LogP contribution is 2.45. The van der Waals surface area contributed by atoms with Crippen molar-refractivity contribution in [3.05, 3.63) is 59.7 Å². The molecular weight excluding hydrogens is 488 g/mol. The number of benzene rings is 3. The maximum Gasteiger partial charge on any atom is 0.169 e. The molecule has 4 N–H and O–H groups in total. The monoisotopic (exact) mass is 526 g/mol.